The second-order valence-corrected chi connectivity index (χ2v) is 10.3. The van der Waals surface area contributed by atoms with Crippen LogP contribution < -0.4 is 10.2 Å². The van der Waals surface area contributed by atoms with Gasteiger partial charge >= 0.3 is 0 Å². The fraction of sp³-hybridized carbons (Fsp3) is 0.385. The zero-order chi connectivity index (χ0) is 24.4. The molecule has 5 rings (SSSR count). The number of hydrogen-bond acceptors (Lipinski definition) is 6. The number of hydrogen-bond donors (Lipinski definition) is 1. The van der Waals surface area contributed by atoms with Gasteiger partial charge in [-0.3, -0.25) is 24.0 Å². The van der Waals surface area contributed by atoms with Crippen LogP contribution in [0, 0.1) is 0 Å². The molecule has 9 heteroatoms. The van der Waals surface area contributed by atoms with E-state index >= 15 is 0 Å². The van der Waals surface area contributed by atoms with Crippen molar-refractivity contribution in [3.63, 3.8) is 0 Å². The Morgan fingerprint density at radius 1 is 0.971 bits per heavy atom. The average Bonchev–Trinajstić information content (AvgIpc) is 3.31. The number of piperidine rings is 1. The molecule has 3 aromatic rings. The van der Waals surface area contributed by atoms with Crippen LogP contribution in [0.5, 0.6) is 0 Å². The standard InChI is InChI=1S/C26H30N6O2S/c1-18(30-15-9-4-10-16-30)24-28-29-26(32(24)20-11-5-3-6-12-20)35-19(2)25(34)31-17-23(33)27-21-13-7-8-14-22(21)31/h3,5-8,11-14,18-19H,4,9-10,15-17H2,1-2H3,(H,27,33)/t18-,19+/m0/s1. The maximum absolute atomic E-state index is 13.5. The fourth-order valence-electron chi connectivity index (χ4n) is 4.77. The number of rotatable bonds is 6. The highest BCUT2D eigenvalue weighted by Crippen LogP contribution is 2.34. The summed E-state index contributed by atoms with van der Waals surface area (Å²) in [6.45, 7) is 6.15. The number of nitrogens with one attached hydrogen (secondary N) is 1. The van der Waals surface area contributed by atoms with Crippen molar-refractivity contribution in [1.82, 2.24) is 19.7 Å². The molecule has 0 aliphatic carbocycles. The molecule has 1 aromatic heterocycles. The van der Waals surface area contributed by atoms with Gasteiger partial charge in [0.2, 0.25) is 11.8 Å². The van der Waals surface area contributed by atoms with E-state index in [0.717, 1.165) is 24.6 Å². The third kappa shape index (κ3) is 4.83. The number of carbonyl (C=O) groups excluding carboxylic acids is 2. The average molecular weight is 491 g/mol. The van der Waals surface area contributed by atoms with Crippen molar-refractivity contribution in [2.75, 3.05) is 29.9 Å². The summed E-state index contributed by atoms with van der Waals surface area (Å²) in [5.41, 5.74) is 2.34. The van der Waals surface area contributed by atoms with Gasteiger partial charge in [0.25, 0.3) is 0 Å². The van der Waals surface area contributed by atoms with E-state index in [1.807, 2.05) is 61.5 Å². The Balaban J connectivity index is 1.43. The summed E-state index contributed by atoms with van der Waals surface area (Å²) in [4.78, 5) is 29.8. The molecule has 3 heterocycles. The lowest BCUT2D eigenvalue weighted by atomic mass is 10.1. The minimum absolute atomic E-state index is 0.00334. The van der Waals surface area contributed by atoms with Crippen molar-refractivity contribution in [2.24, 2.45) is 0 Å². The molecule has 8 nitrogen and oxygen atoms in total. The molecule has 2 atom stereocenters. The number of carbonyl (C=O) groups is 2. The first-order valence-corrected chi connectivity index (χ1v) is 13.0. The number of amides is 2. The predicted octanol–water partition coefficient (Wildman–Crippen LogP) is 4.28. The molecule has 0 radical (unpaired) electrons. The van der Waals surface area contributed by atoms with Crippen molar-refractivity contribution >= 4 is 35.0 Å². The summed E-state index contributed by atoms with van der Waals surface area (Å²) in [6, 6.07) is 17.6. The Bertz CT molecular complexity index is 1210. The number of benzene rings is 2. The van der Waals surface area contributed by atoms with E-state index in [2.05, 4.69) is 31.9 Å². The van der Waals surface area contributed by atoms with Gasteiger partial charge in [-0.1, -0.05) is 48.5 Å². The van der Waals surface area contributed by atoms with Gasteiger partial charge in [-0.15, -0.1) is 10.2 Å². The van der Waals surface area contributed by atoms with Gasteiger partial charge in [0.05, 0.1) is 22.7 Å². The largest absolute Gasteiger partial charge is 0.323 e. The van der Waals surface area contributed by atoms with Crippen molar-refractivity contribution in [2.45, 2.75) is 49.6 Å². The normalized spacial score (nSPS) is 18.0. The van der Waals surface area contributed by atoms with Crippen LogP contribution in [0.3, 0.4) is 0 Å². The SMILES string of the molecule is C[C@@H](Sc1nnc([C@H](C)N2CCCCC2)n1-c1ccccc1)C(=O)N1CC(=O)Nc2ccccc21. The van der Waals surface area contributed by atoms with Gasteiger partial charge in [0.1, 0.15) is 6.54 Å². The van der Waals surface area contributed by atoms with Crippen molar-refractivity contribution in [1.29, 1.82) is 0 Å². The Morgan fingerprint density at radius 2 is 1.69 bits per heavy atom. The predicted molar refractivity (Wildman–Crippen MR) is 138 cm³/mol. The molecule has 0 saturated carbocycles. The highest BCUT2D eigenvalue weighted by atomic mass is 32.2. The summed E-state index contributed by atoms with van der Waals surface area (Å²) < 4.78 is 2.07. The lowest BCUT2D eigenvalue weighted by molar-refractivity contribution is -0.121. The topological polar surface area (TPSA) is 83.4 Å². The molecule has 0 unspecified atom stereocenters. The van der Waals surface area contributed by atoms with Crippen LogP contribution in [0.25, 0.3) is 5.69 Å². The number of likely N-dealkylation sites (tertiary alicyclic amines) is 1. The van der Waals surface area contributed by atoms with E-state index in [1.165, 1.54) is 31.0 Å². The van der Waals surface area contributed by atoms with Crippen LogP contribution in [0.1, 0.15) is 45.0 Å². The molecule has 1 fully saturated rings. The number of anilines is 2. The number of thioether (sulfide) groups is 1. The monoisotopic (exact) mass is 490 g/mol. The van der Waals surface area contributed by atoms with Crippen LogP contribution in [-0.4, -0.2) is 56.4 Å². The van der Waals surface area contributed by atoms with E-state index in [4.69, 9.17) is 0 Å². The summed E-state index contributed by atoms with van der Waals surface area (Å²) in [5, 5.41) is 12.2. The third-order valence-corrected chi connectivity index (χ3v) is 7.68. The minimum Gasteiger partial charge on any atom is -0.323 e. The van der Waals surface area contributed by atoms with Crippen LogP contribution in [0.4, 0.5) is 11.4 Å². The second-order valence-electron chi connectivity index (χ2n) is 9.03. The van der Waals surface area contributed by atoms with Gasteiger partial charge < -0.3 is 5.32 Å². The maximum atomic E-state index is 13.5. The van der Waals surface area contributed by atoms with Gasteiger partial charge in [0, 0.05) is 5.69 Å². The molecule has 35 heavy (non-hydrogen) atoms. The van der Waals surface area contributed by atoms with Gasteiger partial charge in [-0.05, 0) is 64.0 Å². The third-order valence-electron chi connectivity index (χ3n) is 6.65. The molecule has 2 aliphatic heterocycles. The Hall–Kier alpha value is -3.17. The lowest BCUT2D eigenvalue weighted by Crippen LogP contribution is -2.45. The number of para-hydroxylation sites is 3. The van der Waals surface area contributed by atoms with Crippen molar-refractivity contribution < 1.29 is 9.59 Å². The fourth-order valence-corrected chi connectivity index (χ4v) is 5.71. The summed E-state index contributed by atoms with van der Waals surface area (Å²) in [7, 11) is 0. The molecular weight excluding hydrogens is 460 g/mol. The Morgan fingerprint density at radius 3 is 2.46 bits per heavy atom. The van der Waals surface area contributed by atoms with E-state index < -0.39 is 5.25 Å². The quantitative estimate of drug-likeness (QED) is 0.520. The van der Waals surface area contributed by atoms with Crippen LogP contribution in [0.15, 0.2) is 59.8 Å². The molecule has 2 aliphatic rings. The zero-order valence-electron chi connectivity index (χ0n) is 20.1. The first kappa shape index (κ1) is 23.6. The molecule has 2 amide bonds. The maximum Gasteiger partial charge on any atom is 0.244 e. The summed E-state index contributed by atoms with van der Waals surface area (Å²) in [6.07, 6.45) is 3.66. The van der Waals surface area contributed by atoms with E-state index in [-0.39, 0.29) is 24.4 Å². The van der Waals surface area contributed by atoms with Gasteiger partial charge in [0.15, 0.2) is 11.0 Å². The molecular formula is C26H30N6O2S. The zero-order valence-corrected chi connectivity index (χ0v) is 20.9. The van der Waals surface area contributed by atoms with Crippen LogP contribution in [0.2, 0.25) is 0 Å². The number of fused-ring (bicyclic) bond motifs is 1. The summed E-state index contributed by atoms with van der Waals surface area (Å²) >= 11 is 1.38. The number of aromatic nitrogens is 3. The highest BCUT2D eigenvalue weighted by Gasteiger charge is 2.32. The molecule has 182 valence electrons. The lowest BCUT2D eigenvalue weighted by Gasteiger charge is -2.32. The molecule has 0 bridgehead atoms. The Labute approximate surface area is 209 Å². The van der Waals surface area contributed by atoms with Crippen LogP contribution in [-0.2, 0) is 9.59 Å². The van der Waals surface area contributed by atoms with Crippen molar-refractivity contribution in [3.8, 4) is 5.69 Å². The smallest absolute Gasteiger partial charge is 0.244 e. The van der Waals surface area contributed by atoms with Gasteiger partial charge in [-0.2, -0.15) is 0 Å². The van der Waals surface area contributed by atoms with Gasteiger partial charge in [-0.25, -0.2) is 0 Å². The van der Waals surface area contributed by atoms with E-state index in [0.29, 0.717) is 16.5 Å². The first-order chi connectivity index (χ1) is 17.0. The molecule has 1 N–H and O–H groups in total. The summed E-state index contributed by atoms with van der Waals surface area (Å²) in [5.74, 6) is 0.549. The van der Waals surface area contributed by atoms with E-state index in [1.54, 1.807) is 4.90 Å². The highest BCUT2D eigenvalue weighted by molar-refractivity contribution is 8.00. The van der Waals surface area contributed by atoms with Crippen molar-refractivity contribution in [3.05, 3.63) is 60.4 Å². The Kier molecular flexibility index (Phi) is 6.88. The van der Waals surface area contributed by atoms with Crippen LogP contribution >= 0.6 is 11.8 Å². The minimum atomic E-state index is -0.459. The molecule has 0 spiro atoms. The molecule has 2 aromatic carbocycles. The number of nitrogens with zero attached hydrogens (tertiary/aromatic N) is 5. The molecule has 1 saturated heterocycles. The first-order valence-electron chi connectivity index (χ1n) is 12.1. The second kappa shape index (κ2) is 10.2. The van der Waals surface area contributed by atoms with E-state index in [9.17, 15) is 9.59 Å².